The molecule has 1 fully saturated rings. The summed E-state index contributed by atoms with van der Waals surface area (Å²) in [4.78, 5) is 12.4. The highest BCUT2D eigenvalue weighted by Crippen LogP contribution is 2.32. The molecular weight excluding hydrogens is 346 g/mol. The number of morpholine rings is 1. The Kier molecular flexibility index (Phi) is 4.91. The van der Waals surface area contributed by atoms with Gasteiger partial charge < -0.3 is 18.9 Å². The Morgan fingerprint density at radius 2 is 1.80 bits per heavy atom. The fraction of sp³-hybridized carbons (Fsp3) is 0.235. The Labute approximate surface area is 145 Å². The second-order valence-corrected chi connectivity index (χ2v) is 7.02. The quantitative estimate of drug-likeness (QED) is 0.839. The minimum absolute atomic E-state index is 0.0431. The minimum Gasteiger partial charge on any atom is -0.465 e. The lowest BCUT2D eigenvalue weighted by molar-refractivity contribution is -0.0238. The molecule has 3 rings (SSSR count). The van der Waals surface area contributed by atoms with Crippen LogP contribution in [-0.2, 0) is 14.9 Å². The van der Waals surface area contributed by atoms with E-state index in [9.17, 15) is 13.2 Å². The molecular formula is C17H17NO6S. The normalized spacial score (nSPS) is 17.9. The topological polar surface area (TPSA) is 93.1 Å². The molecule has 1 N–H and O–H groups in total. The maximum Gasteiger partial charge on any atom is 0.407 e. The monoisotopic (exact) mass is 363 g/mol. The van der Waals surface area contributed by atoms with E-state index in [4.69, 9.17) is 14.0 Å². The van der Waals surface area contributed by atoms with Gasteiger partial charge in [-0.25, -0.2) is 4.79 Å². The first-order valence-electron chi connectivity index (χ1n) is 7.65. The molecule has 25 heavy (non-hydrogen) atoms. The molecule has 1 heterocycles. The molecule has 0 aliphatic carbocycles. The van der Waals surface area contributed by atoms with E-state index in [0.29, 0.717) is 5.56 Å². The van der Waals surface area contributed by atoms with Gasteiger partial charge in [-0.2, -0.15) is 8.42 Å². The van der Waals surface area contributed by atoms with Gasteiger partial charge in [0.25, 0.3) is 0 Å². The Balaban J connectivity index is 1.88. The predicted octanol–water partition coefficient (Wildman–Crippen LogP) is 2.51. The van der Waals surface area contributed by atoms with Crippen LogP contribution in [0.15, 0.2) is 59.5 Å². The zero-order chi connectivity index (χ0) is 17.9. The highest BCUT2D eigenvalue weighted by atomic mass is 32.2. The molecule has 1 aliphatic heterocycles. The molecule has 0 spiro atoms. The Bertz CT molecular complexity index is 852. The van der Waals surface area contributed by atoms with Crippen LogP contribution in [0.2, 0.25) is 0 Å². The van der Waals surface area contributed by atoms with Crippen molar-refractivity contribution in [3.8, 4) is 5.75 Å². The summed E-state index contributed by atoms with van der Waals surface area (Å²) in [7, 11) is -3.99. The van der Waals surface area contributed by atoms with Gasteiger partial charge in [-0.3, -0.25) is 0 Å². The van der Waals surface area contributed by atoms with Gasteiger partial charge in [0.1, 0.15) is 16.7 Å². The highest BCUT2D eigenvalue weighted by Gasteiger charge is 2.28. The second kappa shape index (κ2) is 7.12. The SMILES string of the molecule is O=C(O)N1CCO[C@@H](c2ccccc2OS(=O)(=O)c2ccccc2)C1. The summed E-state index contributed by atoms with van der Waals surface area (Å²) in [6.45, 7) is 0.620. The molecule has 132 valence electrons. The van der Waals surface area contributed by atoms with E-state index in [1.54, 1.807) is 36.4 Å². The third-order valence-corrected chi connectivity index (χ3v) is 5.08. The van der Waals surface area contributed by atoms with E-state index in [1.165, 1.54) is 23.1 Å². The number of amides is 1. The molecule has 1 amide bonds. The first-order valence-corrected chi connectivity index (χ1v) is 9.06. The molecule has 7 nitrogen and oxygen atoms in total. The van der Waals surface area contributed by atoms with Crippen LogP contribution < -0.4 is 4.18 Å². The fourth-order valence-corrected chi connectivity index (χ4v) is 3.56. The largest absolute Gasteiger partial charge is 0.465 e. The first kappa shape index (κ1) is 17.2. The van der Waals surface area contributed by atoms with Crippen molar-refractivity contribution in [2.75, 3.05) is 19.7 Å². The van der Waals surface area contributed by atoms with E-state index < -0.39 is 22.3 Å². The summed E-state index contributed by atoms with van der Waals surface area (Å²) < 4.78 is 35.8. The lowest BCUT2D eigenvalue weighted by Crippen LogP contribution is -2.41. The average molecular weight is 363 g/mol. The average Bonchev–Trinajstić information content (AvgIpc) is 2.63. The van der Waals surface area contributed by atoms with Crippen molar-refractivity contribution in [3.63, 3.8) is 0 Å². The van der Waals surface area contributed by atoms with Crippen LogP contribution >= 0.6 is 0 Å². The van der Waals surface area contributed by atoms with Crippen LogP contribution in [0.4, 0.5) is 4.79 Å². The second-order valence-electron chi connectivity index (χ2n) is 5.48. The lowest BCUT2D eigenvalue weighted by atomic mass is 10.1. The fourth-order valence-electron chi connectivity index (χ4n) is 2.59. The third kappa shape index (κ3) is 3.92. The van der Waals surface area contributed by atoms with Gasteiger partial charge in [-0.05, 0) is 18.2 Å². The number of hydrogen-bond donors (Lipinski definition) is 1. The predicted molar refractivity (Wildman–Crippen MR) is 89.0 cm³/mol. The molecule has 1 saturated heterocycles. The standard InChI is InChI=1S/C17H17NO6S/c19-17(20)18-10-11-23-16(12-18)14-8-4-5-9-15(14)24-25(21,22)13-6-2-1-3-7-13/h1-9,16H,10-12H2,(H,19,20)/t16-/m1/s1. The summed E-state index contributed by atoms with van der Waals surface area (Å²) in [6.07, 6.45) is -1.63. The highest BCUT2D eigenvalue weighted by molar-refractivity contribution is 7.87. The molecule has 0 aromatic heterocycles. The van der Waals surface area contributed by atoms with Crippen LogP contribution in [0, 0.1) is 0 Å². The molecule has 8 heteroatoms. The van der Waals surface area contributed by atoms with E-state index >= 15 is 0 Å². The van der Waals surface area contributed by atoms with E-state index in [0.717, 1.165) is 0 Å². The van der Waals surface area contributed by atoms with Crippen LogP contribution in [0.1, 0.15) is 11.7 Å². The summed E-state index contributed by atoms with van der Waals surface area (Å²) in [5, 5.41) is 9.15. The van der Waals surface area contributed by atoms with Gasteiger partial charge in [0.2, 0.25) is 0 Å². The molecule has 0 bridgehead atoms. The van der Waals surface area contributed by atoms with Crippen molar-refractivity contribution >= 4 is 16.2 Å². The number of rotatable bonds is 4. The number of ether oxygens (including phenoxy) is 1. The zero-order valence-electron chi connectivity index (χ0n) is 13.2. The maximum atomic E-state index is 12.4. The maximum absolute atomic E-state index is 12.4. The van der Waals surface area contributed by atoms with E-state index in [1.807, 2.05) is 0 Å². The summed E-state index contributed by atoms with van der Waals surface area (Å²) in [5.41, 5.74) is 0.493. The van der Waals surface area contributed by atoms with Crippen LogP contribution in [0.25, 0.3) is 0 Å². The van der Waals surface area contributed by atoms with Crippen molar-refractivity contribution in [2.24, 2.45) is 0 Å². The Morgan fingerprint density at radius 3 is 2.52 bits per heavy atom. The van der Waals surface area contributed by atoms with Crippen LogP contribution in [0.5, 0.6) is 5.75 Å². The molecule has 1 atom stereocenters. The van der Waals surface area contributed by atoms with Crippen molar-refractivity contribution in [3.05, 3.63) is 60.2 Å². The minimum atomic E-state index is -3.99. The molecule has 0 saturated carbocycles. The molecule has 1 aliphatic rings. The summed E-state index contributed by atoms with van der Waals surface area (Å²) in [6, 6.07) is 14.4. The Hall–Kier alpha value is -2.58. The summed E-state index contributed by atoms with van der Waals surface area (Å²) >= 11 is 0. The number of benzene rings is 2. The smallest absolute Gasteiger partial charge is 0.407 e. The number of carboxylic acid groups (broad SMARTS) is 1. The van der Waals surface area contributed by atoms with Crippen molar-refractivity contribution in [1.29, 1.82) is 0 Å². The molecule has 0 unspecified atom stereocenters. The zero-order valence-corrected chi connectivity index (χ0v) is 14.1. The first-order chi connectivity index (χ1) is 12.0. The van der Waals surface area contributed by atoms with Crippen molar-refractivity contribution < 1.29 is 27.2 Å². The lowest BCUT2D eigenvalue weighted by Gasteiger charge is -2.31. The van der Waals surface area contributed by atoms with Gasteiger partial charge in [-0.1, -0.05) is 36.4 Å². The van der Waals surface area contributed by atoms with Gasteiger partial charge in [0.05, 0.1) is 13.2 Å². The molecule has 2 aromatic rings. The van der Waals surface area contributed by atoms with Gasteiger partial charge in [-0.15, -0.1) is 0 Å². The van der Waals surface area contributed by atoms with Gasteiger partial charge >= 0.3 is 16.2 Å². The van der Waals surface area contributed by atoms with Gasteiger partial charge in [0.15, 0.2) is 0 Å². The van der Waals surface area contributed by atoms with Crippen molar-refractivity contribution in [2.45, 2.75) is 11.0 Å². The van der Waals surface area contributed by atoms with E-state index in [-0.39, 0.29) is 30.3 Å². The number of nitrogens with zero attached hydrogens (tertiary/aromatic N) is 1. The Morgan fingerprint density at radius 1 is 1.12 bits per heavy atom. The van der Waals surface area contributed by atoms with Gasteiger partial charge in [0, 0.05) is 12.1 Å². The number of hydrogen-bond acceptors (Lipinski definition) is 5. The number of carbonyl (C=O) groups is 1. The summed E-state index contributed by atoms with van der Waals surface area (Å²) in [5.74, 6) is 0.128. The van der Waals surface area contributed by atoms with Crippen LogP contribution in [0.3, 0.4) is 0 Å². The molecule has 0 radical (unpaired) electrons. The van der Waals surface area contributed by atoms with E-state index in [2.05, 4.69) is 0 Å². The van der Waals surface area contributed by atoms with Crippen LogP contribution in [-0.4, -0.2) is 44.2 Å². The third-order valence-electron chi connectivity index (χ3n) is 3.83. The van der Waals surface area contributed by atoms with Crippen molar-refractivity contribution in [1.82, 2.24) is 4.90 Å². The number of para-hydroxylation sites is 1. The molecule has 2 aromatic carbocycles.